The molecule has 1 aliphatic heterocycles. The van der Waals surface area contributed by atoms with Crippen LogP contribution in [0.5, 0.6) is 11.5 Å². The molecule has 0 bridgehead atoms. The molecule has 2 heteroatoms. The standard InChI is InChI=1S/C26H17NO/c1-3-9-19-17(7-1)12-14-22-24(19)26(21-11-5-6-16-27-21)25-20-10-4-2-8-18(20)13-15-23(25)28-22/h1-16,26H. The predicted molar refractivity (Wildman–Crippen MR) is 113 cm³/mol. The molecular formula is C26H17NO. The maximum absolute atomic E-state index is 6.42. The van der Waals surface area contributed by atoms with Crippen LogP contribution in [0.2, 0.25) is 0 Å². The first-order chi connectivity index (χ1) is 13.9. The van der Waals surface area contributed by atoms with Crippen molar-refractivity contribution in [3.05, 3.63) is 114 Å². The number of pyridine rings is 1. The van der Waals surface area contributed by atoms with Gasteiger partial charge in [0.2, 0.25) is 0 Å². The van der Waals surface area contributed by atoms with E-state index in [1.54, 1.807) is 0 Å². The van der Waals surface area contributed by atoms with Crippen molar-refractivity contribution in [1.82, 2.24) is 4.98 Å². The second-order valence-corrected chi connectivity index (χ2v) is 7.19. The van der Waals surface area contributed by atoms with Gasteiger partial charge in [-0.15, -0.1) is 0 Å². The lowest BCUT2D eigenvalue weighted by Gasteiger charge is -2.30. The van der Waals surface area contributed by atoms with E-state index in [2.05, 4.69) is 84.9 Å². The Morgan fingerprint density at radius 3 is 1.71 bits per heavy atom. The zero-order valence-corrected chi connectivity index (χ0v) is 15.2. The summed E-state index contributed by atoms with van der Waals surface area (Å²) in [6, 6.07) is 31.6. The van der Waals surface area contributed by atoms with E-state index < -0.39 is 0 Å². The van der Waals surface area contributed by atoms with Gasteiger partial charge in [0, 0.05) is 17.3 Å². The van der Waals surface area contributed by atoms with Crippen LogP contribution < -0.4 is 4.74 Å². The van der Waals surface area contributed by atoms with Gasteiger partial charge < -0.3 is 4.74 Å². The number of ether oxygens (including phenoxy) is 1. The van der Waals surface area contributed by atoms with Crippen molar-refractivity contribution in [2.24, 2.45) is 0 Å². The van der Waals surface area contributed by atoms with E-state index in [-0.39, 0.29) is 5.92 Å². The molecule has 1 aliphatic rings. The van der Waals surface area contributed by atoms with E-state index in [1.165, 1.54) is 32.7 Å². The summed E-state index contributed by atoms with van der Waals surface area (Å²) in [5, 5.41) is 4.87. The van der Waals surface area contributed by atoms with Gasteiger partial charge in [-0.25, -0.2) is 0 Å². The number of hydrogen-bond donors (Lipinski definition) is 0. The van der Waals surface area contributed by atoms with E-state index in [4.69, 9.17) is 9.72 Å². The molecule has 2 heterocycles. The van der Waals surface area contributed by atoms with Gasteiger partial charge in [0.05, 0.1) is 11.6 Å². The molecule has 2 nitrogen and oxygen atoms in total. The minimum atomic E-state index is 0.0251. The van der Waals surface area contributed by atoms with Crippen LogP contribution in [0.1, 0.15) is 22.7 Å². The number of hydrogen-bond acceptors (Lipinski definition) is 2. The van der Waals surface area contributed by atoms with Crippen LogP contribution >= 0.6 is 0 Å². The molecule has 0 amide bonds. The second kappa shape index (κ2) is 5.93. The molecule has 4 aromatic carbocycles. The number of aromatic nitrogens is 1. The summed E-state index contributed by atoms with van der Waals surface area (Å²) in [7, 11) is 0. The summed E-state index contributed by atoms with van der Waals surface area (Å²) in [4.78, 5) is 4.76. The Balaban J connectivity index is 1.77. The quantitative estimate of drug-likeness (QED) is 0.327. The fourth-order valence-corrected chi connectivity index (χ4v) is 4.43. The molecule has 0 aliphatic carbocycles. The lowest BCUT2D eigenvalue weighted by atomic mass is 9.80. The van der Waals surface area contributed by atoms with Gasteiger partial charge >= 0.3 is 0 Å². The van der Waals surface area contributed by atoms with Gasteiger partial charge in [0.15, 0.2) is 0 Å². The topological polar surface area (TPSA) is 22.1 Å². The Morgan fingerprint density at radius 2 is 1.14 bits per heavy atom. The largest absolute Gasteiger partial charge is 0.457 e. The summed E-state index contributed by atoms with van der Waals surface area (Å²) in [6.07, 6.45) is 1.88. The van der Waals surface area contributed by atoms with Crippen molar-refractivity contribution in [2.75, 3.05) is 0 Å². The van der Waals surface area contributed by atoms with Crippen LogP contribution in [0, 0.1) is 0 Å². The number of nitrogens with zero attached hydrogens (tertiary/aromatic N) is 1. The van der Waals surface area contributed by atoms with Crippen molar-refractivity contribution in [1.29, 1.82) is 0 Å². The first kappa shape index (κ1) is 15.4. The third-order valence-corrected chi connectivity index (χ3v) is 5.64. The van der Waals surface area contributed by atoms with Gasteiger partial charge in [-0.1, -0.05) is 66.7 Å². The summed E-state index contributed by atoms with van der Waals surface area (Å²) in [5.74, 6) is 1.85. The van der Waals surface area contributed by atoms with E-state index in [9.17, 15) is 0 Å². The Hall–Kier alpha value is -3.65. The normalized spacial score (nSPS) is 13.1. The molecule has 0 fully saturated rings. The molecule has 0 spiro atoms. The van der Waals surface area contributed by atoms with E-state index >= 15 is 0 Å². The minimum Gasteiger partial charge on any atom is -0.457 e. The number of rotatable bonds is 1. The molecule has 0 N–H and O–H groups in total. The van der Waals surface area contributed by atoms with E-state index in [1.807, 2.05) is 12.3 Å². The lowest BCUT2D eigenvalue weighted by Crippen LogP contribution is -2.14. The molecular weight excluding hydrogens is 342 g/mol. The molecule has 0 unspecified atom stereocenters. The van der Waals surface area contributed by atoms with Crippen molar-refractivity contribution < 1.29 is 4.74 Å². The summed E-state index contributed by atoms with van der Waals surface area (Å²) in [6.45, 7) is 0. The van der Waals surface area contributed by atoms with Crippen molar-refractivity contribution >= 4 is 21.5 Å². The van der Waals surface area contributed by atoms with Gasteiger partial charge in [0.1, 0.15) is 11.5 Å². The monoisotopic (exact) mass is 359 g/mol. The molecule has 0 saturated heterocycles. The highest BCUT2D eigenvalue weighted by molar-refractivity contribution is 5.94. The Bertz CT molecular complexity index is 1260. The van der Waals surface area contributed by atoms with Crippen LogP contribution in [0.4, 0.5) is 0 Å². The highest BCUT2D eigenvalue weighted by Gasteiger charge is 2.32. The van der Waals surface area contributed by atoms with Crippen LogP contribution in [0.25, 0.3) is 21.5 Å². The third kappa shape index (κ3) is 2.18. The first-order valence-corrected chi connectivity index (χ1v) is 9.52. The second-order valence-electron chi connectivity index (χ2n) is 7.19. The van der Waals surface area contributed by atoms with Gasteiger partial charge in [-0.05, 0) is 45.8 Å². The van der Waals surface area contributed by atoms with Crippen molar-refractivity contribution in [3.63, 3.8) is 0 Å². The van der Waals surface area contributed by atoms with Gasteiger partial charge in [-0.3, -0.25) is 4.98 Å². The summed E-state index contributed by atoms with van der Waals surface area (Å²) in [5.41, 5.74) is 3.43. The van der Waals surface area contributed by atoms with Gasteiger partial charge in [-0.2, -0.15) is 0 Å². The Labute approximate surface area is 163 Å². The molecule has 1 aromatic heterocycles. The number of benzene rings is 4. The van der Waals surface area contributed by atoms with E-state index in [0.29, 0.717) is 0 Å². The predicted octanol–water partition coefficient (Wildman–Crippen LogP) is 6.67. The van der Waals surface area contributed by atoms with Crippen LogP contribution in [-0.2, 0) is 0 Å². The SMILES string of the molecule is c1ccc(C2c3c(ccc4ccccc34)Oc3ccc4ccccc4c32)nc1. The fourth-order valence-electron chi connectivity index (χ4n) is 4.43. The summed E-state index contributed by atoms with van der Waals surface area (Å²) >= 11 is 0. The molecule has 0 saturated carbocycles. The highest BCUT2D eigenvalue weighted by atomic mass is 16.5. The zero-order valence-electron chi connectivity index (χ0n) is 15.2. The maximum atomic E-state index is 6.42. The molecule has 0 radical (unpaired) electrons. The average Bonchev–Trinajstić information content (AvgIpc) is 2.78. The smallest absolute Gasteiger partial charge is 0.132 e. The van der Waals surface area contributed by atoms with E-state index in [0.717, 1.165) is 17.2 Å². The molecule has 132 valence electrons. The molecule has 5 aromatic rings. The average molecular weight is 359 g/mol. The van der Waals surface area contributed by atoms with Crippen LogP contribution in [-0.4, -0.2) is 4.98 Å². The Morgan fingerprint density at radius 1 is 0.571 bits per heavy atom. The fraction of sp³-hybridized carbons (Fsp3) is 0.0385. The third-order valence-electron chi connectivity index (χ3n) is 5.64. The summed E-state index contributed by atoms with van der Waals surface area (Å²) < 4.78 is 6.42. The van der Waals surface area contributed by atoms with Crippen LogP contribution in [0.3, 0.4) is 0 Å². The Kier molecular flexibility index (Phi) is 3.26. The van der Waals surface area contributed by atoms with Crippen molar-refractivity contribution in [3.8, 4) is 11.5 Å². The number of fused-ring (bicyclic) bond motifs is 6. The highest BCUT2D eigenvalue weighted by Crippen LogP contribution is 2.51. The maximum Gasteiger partial charge on any atom is 0.132 e. The lowest BCUT2D eigenvalue weighted by molar-refractivity contribution is 0.455. The zero-order chi connectivity index (χ0) is 18.5. The molecule has 6 rings (SSSR count). The molecule has 0 atom stereocenters. The molecule has 28 heavy (non-hydrogen) atoms. The first-order valence-electron chi connectivity index (χ1n) is 9.52. The minimum absolute atomic E-state index is 0.0251. The van der Waals surface area contributed by atoms with Crippen molar-refractivity contribution in [2.45, 2.75) is 5.92 Å². The van der Waals surface area contributed by atoms with Crippen LogP contribution in [0.15, 0.2) is 97.2 Å². The van der Waals surface area contributed by atoms with Gasteiger partial charge in [0.25, 0.3) is 0 Å².